The van der Waals surface area contributed by atoms with E-state index in [0.717, 1.165) is 5.69 Å². The molecule has 0 saturated carbocycles. The van der Waals surface area contributed by atoms with Crippen LogP contribution in [0.2, 0.25) is 5.02 Å². The van der Waals surface area contributed by atoms with Crippen molar-refractivity contribution < 1.29 is 4.79 Å². The molecule has 1 aromatic rings. The zero-order chi connectivity index (χ0) is 11.4. The van der Waals surface area contributed by atoms with E-state index < -0.39 is 0 Å². The Hall–Kier alpha value is -1.03. The van der Waals surface area contributed by atoms with E-state index >= 15 is 0 Å². The van der Waals surface area contributed by atoms with Gasteiger partial charge in [0, 0.05) is 6.54 Å². The first-order valence-electron chi connectivity index (χ1n) is 4.95. The number of amides is 1. The van der Waals surface area contributed by atoms with Crippen LogP contribution < -0.4 is 5.32 Å². The lowest BCUT2D eigenvalue weighted by Gasteiger charge is -2.08. The fraction of sp³-hybridized carbons (Fsp3) is 0.600. The Bertz CT molecular complexity index is 346. The largest absolute Gasteiger partial charge is 0.354 e. The molecule has 0 unspecified atom stereocenters. The number of nitrogens with one attached hydrogen (secondary N) is 1. The molecule has 15 heavy (non-hydrogen) atoms. The van der Waals surface area contributed by atoms with Crippen molar-refractivity contribution in [3.05, 3.63) is 16.9 Å². The lowest BCUT2D eigenvalue weighted by atomic mass is 10.2. The standard InChI is InChI=1S/C10H16ClN3O/c1-7(2)4-12-10(15)6-14-8(3)9(11)5-13-14/h5,7H,4,6H2,1-3H3,(H,12,15). The van der Waals surface area contributed by atoms with Crippen LogP contribution in [-0.4, -0.2) is 22.2 Å². The summed E-state index contributed by atoms with van der Waals surface area (Å²) < 4.78 is 1.60. The Morgan fingerprint density at radius 3 is 2.80 bits per heavy atom. The minimum Gasteiger partial charge on any atom is -0.354 e. The van der Waals surface area contributed by atoms with Crippen molar-refractivity contribution in [1.82, 2.24) is 15.1 Å². The molecule has 0 spiro atoms. The van der Waals surface area contributed by atoms with Crippen molar-refractivity contribution in [3.63, 3.8) is 0 Å². The van der Waals surface area contributed by atoms with Crippen molar-refractivity contribution >= 4 is 17.5 Å². The van der Waals surface area contributed by atoms with Gasteiger partial charge in [-0.1, -0.05) is 25.4 Å². The lowest BCUT2D eigenvalue weighted by molar-refractivity contribution is -0.122. The Balaban J connectivity index is 2.48. The molecular weight excluding hydrogens is 214 g/mol. The van der Waals surface area contributed by atoms with Gasteiger partial charge in [0.15, 0.2) is 0 Å². The van der Waals surface area contributed by atoms with Crippen molar-refractivity contribution in [2.24, 2.45) is 5.92 Å². The summed E-state index contributed by atoms with van der Waals surface area (Å²) in [6.07, 6.45) is 1.55. The molecule has 0 atom stereocenters. The predicted molar refractivity (Wildman–Crippen MR) is 59.8 cm³/mol. The molecule has 84 valence electrons. The van der Waals surface area contributed by atoms with Gasteiger partial charge in [0.25, 0.3) is 0 Å². The molecule has 0 radical (unpaired) electrons. The lowest BCUT2D eigenvalue weighted by Crippen LogP contribution is -2.31. The van der Waals surface area contributed by atoms with E-state index in [2.05, 4.69) is 24.3 Å². The van der Waals surface area contributed by atoms with Crippen LogP contribution in [0.15, 0.2) is 6.20 Å². The molecule has 0 fully saturated rings. The van der Waals surface area contributed by atoms with Gasteiger partial charge in [0.1, 0.15) is 6.54 Å². The second kappa shape index (κ2) is 5.16. The van der Waals surface area contributed by atoms with E-state index in [4.69, 9.17) is 11.6 Å². The quantitative estimate of drug-likeness (QED) is 0.853. The SMILES string of the molecule is Cc1c(Cl)cnn1CC(=O)NCC(C)C. The van der Waals surface area contributed by atoms with E-state index in [1.165, 1.54) is 0 Å². The summed E-state index contributed by atoms with van der Waals surface area (Å²) in [6.45, 7) is 6.86. The van der Waals surface area contributed by atoms with Crippen molar-refractivity contribution in [2.75, 3.05) is 6.54 Å². The van der Waals surface area contributed by atoms with E-state index in [-0.39, 0.29) is 12.5 Å². The van der Waals surface area contributed by atoms with Crippen molar-refractivity contribution in [1.29, 1.82) is 0 Å². The molecule has 4 nitrogen and oxygen atoms in total. The Morgan fingerprint density at radius 2 is 2.33 bits per heavy atom. The van der Waals surface area contributed by atoms with Crippen LogP contribution in [0.5, 0.6) is 0 Å². The monoisotopic (exact) mass is 229 g/mol. The first kappa shape index (κ1) is 12.0. The molecular formula is C10H16ClN3O. The highest BCUT2D eigenvalue weighted by Gasteiger charge is 2.08. The third kappa shape index (κ3) is 3.55. The van der Waals surface area contributed by atoms with Crippen LogP contribution in [0.3, 0.4) is 0 Å². The molecule has 1 amide bonds. The predicted octanol–water partition coefficient (Wildman–Crippen LogP) is 1.62. The van der Waals surface area contributed by atoms with Gasteiger partial charge < -0.3 is 5.32 Å². The molecule has 0 aliphatic heterocycles. The topological polar surface area (TPSA) is 46.9 Å². The third-order valence-electron chi connectivity index (χ3n) is 2.04. The van der Waals surface area contributed by atoms with Crippen molar-refractivity contribution in [2.45, 2.75) is 27.3 Å². The van der Waals surface area contributed by atoms with Gasteiger partial charge in [-0.15, -0.1) is 0 Å². The molecule has 1 rings (SSSR count). The molecule has 0 saturated heterocycles. The molecule has 0 aliphatic carbocycles. The van der Waals surface area contributed by atoms with Crippen LogP contribution in [-0.2, 0) is 11.3 Å². The minimum absolute atomic E-state index is 0.0356. The highest BCUT2D eigenvalue weighted by Crippen LogP contribution is 2.12. The number of carbonyl (C=O) groups is 1. The summed E-state index contributed by atoms with van der Waals surface area (Å²) in [5.41, 5.74) is 0.816. The summed E-state index contributed by atoms with van der Waals surface area (Å²) in [5, 5.41) is 7.42. The summed E-state index contributed by atoms with van der Waals surface area (Å²) in [6, 6.07) is 0. The minimum atomic E-state index is -0.0356. The number of nitrogens with zero attached hydrogens (tertiary/aromatic N) is 2. The van der Waals surface area contributed by atoms with Gasteiger partial charge >= 0.3 is 0 Å². The summed E-state index contributed by atoms with van der Waals surface area (Å²) >= 11 is 5.83. The number of rotatable bonds is 4. The van der Waals surface area contributed by atoms with Gasteiger partial charge in [0.05, 0.1) is 16.9 Å². The molecule has 0 bridgehead atoms. The van der Waals surface area contributed by atoms with Gasteiger partial charge in [-0.25, -0.2) is 0 Å². The van der Waals surface area contributed by atoms with Gasteiger partial charge in [-0.2, -0.15) is 5.10 Å². The van der Waals surface area contributed by atoms with Crippen LogP contribution in [0.25, 0.3) is 0 Å². The van der Waals surface area contributed by atoms with Crippen LogP contribution in [0, 0.1) is 12.8 Å². The molecule has 0 aromatic carbocycles. The number of hydrogen-bond donors (Lipinski definition) is 1. The molecule has 1 aromatic heterocycles. The maximum absolute atomic E-state index is 11.5. The Kier molecular flexibility index (Phi) is 4.15. The summed E-state index contributed by atoms with van der Waals surface area (Å²) in [4.78, 5) is 11.5. The second-order valence-corrected chi connectivity index (χ2v) is 4.34. The van der Waals surface area contributed by atoms with E-state index in [0.29, 0.717) is 17.5 Å². The molecule has 1 N–H and O–H groups in total. The number of aromatic nitrogens is 2. The fourth-order valence-electron chi connectivity index (χ4n) is 1.09. The van der Waals surface area contributed by atoms with Gasteiger partial charge in [0.2, 0.25) is 5.91 Å². The highest BCUT2D eigenvalue weighted by atomic mass is 35.5. The Morgan fingerprint density at radius 1 is 1.67 bits per heavy atom. The van der Waals surface area contributed by atoms with Crippen LogP contribution >= 0.6 is 11.6 Å². The van der Waals surface area contributed by atoms with Gasteiger partial charge in [-0.3, -0.25) is 9.48 Å². The number of carbonyl (C=O) groups excluding carboxylic acids is 1. The average Bonchev–Trinajstić information content (AvgIpc) is 2.47. The maximum atomic E-state index is 11.5. The first-order chi connectivity index (χ1) is 7.00. The number of halogens is 1. The van der Waals surface area contributed by atoms with Crippen molar-refractivity contribution in [3.8, 4) is 0 Å². The van der Waals surface area contributed by atoms with Crippen LogP contribution in [0.4, 0.5) is 0 Å². The molecule has 0 aliphatic rings. The van der Waals surface area contributed by atoms with E-state index in [9.17, 15) is 4.79 Å². The zero-order valence-corrected chi connectivity index (χ0v) is 10.0. The fourth-order valence-corrected chi connectivity index (χ4v) is 1.23. The Labute approximate surface area is 94.6 Å². The van der Waals surface area contributed by atoms with Crippen LogP contribution in [0.1, 0.15) is 19.5 Å². The maximum Gasteiger partial charge on any atom is 0.241 e. The molecule has 5 heteroatoms. The van der Waals surface area contributed by atoms with Gasteiger partial charge in [-0.05, 0) is 12.8 Å². The van der Waals surface area contributed by atoms with E-state index in [1.807, 2.05) is 6.92 Å². The average molecular weight is 230 g/mol. The zero-order valence-electron chi connectivity index (χ0n) is 9.25. The number of hydrogen-bond acceptors (Lipinski definition) is 2. The summed E-state index contributed by atoms with van der Waals surface area (Å²) in [5.74, 6) is 0.419. The molecule has 1 heterocycles. The smallest absolute Gasteiger partial charge is 0.241 e. The van der Waals surface area contributed by atoms with E-state index in [1.54, 1.807) is 10.9 Å². The normalized spacial score (nSPS) is 10.7. The third-order valence-corrected chi connectivity index (χ3v) is 2.42. The second-order valence-electron chi connectivity index (χ2n) is 3.93. The first-order valence-corrected chi connectivity index (χ1v) is 5.33. The highest BCUT2D eigenvalue weighted by molar-refractivity contribution is 6.31. The summed E-state index contributed by atoms with van der Waals surface area (Å²) in [7, 11) is 0.